The van der Waals surface area contributed by atoms with E-state index >= 15 is 0 Å². The summed E-state index contributed by atoms with van der Waals surface area (Å²) in [7, 11) is 0. The predicted octanol–water partition coefficient (Wildman–Crippen LogP) is 4.65. The Balaban J connectivity index is 2.02. The first-order valence-electron chi connectivity index (χ1n) is 9.39. The minimum absolute atomic E-state index is 0.0183. The molecule has 0 spiro atoms. The summed E-state index contributed by atoms with van der Waals surface area (Å²) >= 11 is 0. The highest BCUT2D eigenvalue weighted by Gasteiger charge is 2.46. The van der Waals surface area contributed by atoms with Crippen molar-refractivity contribution in [2.45, 2.75) is 39.0 Å². The lowest BCUT2D eigenvalue weighted by Crippen LogP contribution is -2.28. The quantitative estimate of drug-likeness (QED) is 0.715. The van der Waals surface area contributed by atoms with Crippen molar-refractivity contribution < 1.29 is 27.8 Å². The van der Waals surface area contributed by atoms with Gasteiger partial charge >= 0.3 is 11.9 Å². The molecule has 3 rings (SSSR count). The van der Waals surface area contributed by atoms with Crippen LogP contribution < -0.4 is 5.32 Å². The normalized spacial score (nSPS) is 15.5. The first-order valence-corrected chi connectivity index (χ1v) is 9.39. The fourth-order valence-electron chi connectivity index (χ4n) is 3.20. The third-order valence-electron chi connectivity index (χ3n) is 5.12. The number of aromatic nitrogens is 2. The molecule has 7 nitrogen and oxygen atoms in total. The summed E-state index contributed by atoms with van der Waals surface area (Å²) in [6.45, 7) is 4.13. The van der Waals surface area contributed by atoms with Crippen LogP contribution in [-0.4, -0.2) is 21.8 Å². The summed E-state index contributed by atoms with van der Waals surface area (Å²) in [6.07, 6.45) is 5.12. The standard InChI is InChI=1S/C21H19F3N4O3/c1-20(2)7-5-13(6-8-20)17-14(27-18(29)15-9-12(10-25)11-26-15)3-4-16(28-17)21(22,23)19(30)31-24/h3-5,9,11,26H,6-8H2,1-2H3,(H,27,29). The van der Waals surface area contributed by atoms with E-state index in [1.807, 2.05) is 12.1 Å². The molecule has 0 saturated carbocycles. The van der Waals surface area contributed by atoms with Gasteiger partial charge in [0, 0.05) is 10.7 Å². The minimum atomic E-state index is -4.30. The number of amides is 1. The zero-order chi connectivity index (χ0) is 22.8. The van der Waals surface area contributed by atoms with Crippen LogP contribution in [0.2, 0.25) is 0 Å². The molecule has 1 amide bonds. The number of halogens is 3. The number of allylic oxidation sites excluding steroid dienone is 2. The van der Waals surface area contributed by atoms with Crippen LogP contribution in [0.15, 0.2) is 30.5 Å². The number of hydrogen-bond acceptors (Lipinski definition) is 5. The molecule has 0 bridgehead atoms. The van der Waals surface area contributed by atoms with Crippen molar-refractivity contribution in [1.29, 1.82) is 5.26 Å². The summed E-state index contributed by atoms with van der Waals surface area (Å²) in [5.41, 5.74) is 0.171. The monoisotopic (exact) mass is 432 g/mol. The van der Waals surface area contributed by atoms with Gasteiger partial charge < -0.3 is 10.3 Å². The molecular formula is C21H19F3N4O3. The molecule has 0 saturated heterocycles. The van der Waals surface area contributed by atoms with Gasteiger partial charge in [0.2, 0.25) is 0 Å². The third-order valence-corrected chi connectivity index (χ3v) is 5.12. The van der Waals surface area contributed by atoms with Crippen LogP contribution in [0.3, 0.4) is 0 Å². The zero-order valence-electron chi connectivity index (χ0n) is 16.8. The van der Waals surface area contributed by atoms with E-state index in [9.17, 15) is 22.9 Å². The number of carbonyl (C=O) groups excluding carboxylic acids is 2. The van der Waals surface area contributed by atoms with Gasteiger partial charge in [-0.05, 0) is 48.4 Å². The molecule has 1 aliphatic rings. The lowest BCUT2D eigenvalue weighted by atomic mass is 9.77. The van der Waals surface area contributed by atoms with Gasteiger partial charge in [-0.3, -0.25) is 4.79 Å². The van der Waals surface area contributed by atoms with Crippen molar-refractivity contribution in [3.05, 3.63) is 53.1 Å². The Morgan fingerprint density at radius 1 is 1.35 bits per heavy atom. The molecule has 2 heterocycles. The Hall–Kier alpha value is -3.61. The molecule has 0 fully saturated rings. The van der Waals surface area contributed by atoms with E-state index in [-0.39, 0.29) is 28.1 Å². The predicted molar refractivity (Wildman–Crippen MR) is 104 cm³/mol. The lowest BCUT2D eigenvalue weighted by Gasteiger charge is -2.29. The zero-order valence-corrected chi connectivity index (χ0v) is 16.8. The van der Waals surface area contributed by atoms with Crippen LogP contribution in [0, 0.1) is 16.7 Å². The largest absolute Gasteiger partial charge is 0.424 e. The fourth-order valence-corrected chi connectivity index (χ4v) is 3.20. The third kappa shape index (κ3) is 4.60. The Labute approximate surface area is 175 Å². The summed E-state index contributed by atoms with van der Waals surface area (Å²) in [5.74, 6) is -7.29. The van der Waals surface area contributed by atoms with E-state index in [4.69, 9.17) is 5.26 Å². The Morgan fingerprint density at radius 2 is 2.10 bits per heavy atom. The molecule has 0 radical (unpaired) electrons. The second kappa shape index (κ2) is 8.26. The molecule has 0 aromatic carbocycles. The van der Waals surface area contributed by atoms with E-state index in [1.165, 1.54) is 18.3 Å². The van der Waals surface area contributed by atoms with Crippen molar-refractivity contribution in [2.24, 2.45) is 5.41 Å². The maximum absolute atomic E-state index is 14.2. The minimum Gasteiger partial charge on any atom is -0.356 e. The molecule has 1 aliphatic carbocycles. The number of nitrogens with zero attached hydrogens (tertiary/aromatic N) is 2. The summed E-state index contributed by atoms with van der Waals surface area (Å²) in [5, 5.41) is 11.5. The molecule has 0 atom stereocenters. The Morgan fingerprint density at radius 3 is 2.68 bits per heavy atom. The highest BCUT2D eigenvalue weighted by molar-refractivity contribution is 6.04. The number of aromatic amines is 1. The van der Waals surface area contributed by atoms with Crippen LogP contribution in [-0.2, 0) is 15.7 Å². The van der Waals surface area contributed by atoms with Crippen molar-refractivity contribution in [2.75, 3.05) is 5.32 Å². The Kier molecular flexibility index (Phi) is 5.88. The number of nitrogens with one attached hydrogen (secondary N) is 2. The Bertz CT molecular complexity index is 1100. The average Bonchev–Trinajstić information content (AvgIpc) is 3.23. The van der Waals surface area contributed by atoms with Gasteiger partial charge in [0.25, 0.3) is 5.91 Å². The molecule has 0 aliphatic heterocycles. The number of hydrogen-bond donors (Lipinski definition) is 2. The number of carbonyl (C=O) groups is 2. The second-order valence-corrected chi connectivity index (χ2v) is 8.00. The lowest BCUT2D eigenvalue weighted by molar-refractivity contribution is -0.213. The van der Waals surface area contributed by atoms with Crippen molar-refractivity contribution in [3.63, 3.8) is 0 Å². The van der Waals surface area contributed by atoms with Crippen LogP contribution >= 0.6 is 0 Å². The van der Waals surface area contributed by atoms with E-state index in [2.05, 4.69) is 34.1 Å². The maximum Gasteiger partial charge on any atom is 0.424 e. The number of rotatable bonds is 5. The number of pyridine rings is 1. The summed E-state index contributed by atoms with van der Waals surface area (Å²) in [4.78, 5) is 33.0. The topological polar surface area (TPSA) is 108 Å². The smallest absolute Gasteiger partial charge is 0.356 e. The molecular weight excluding hydrogens is 413 g/mol. The van der Waals surface area contributed by atoms with Crippen LogP contribution in [0.4, 0.5) is 19.0 Å². The molecule has 162 valence electrons. The fraction of sp³-hybridized carbons (Fsp3) is 0.333. The molecule has 2 aromatic heterocycles. The van der Waals surface area contributed by atoms with E-state index in [1.54, 1.807) is 0 Å². The molecule has 31 heavy (non-hydrogen) atoms. The van der Waals surface area contributed by atoms with Crippen molar-refractivity contribution in [1.82, 2.24) is 9.97 Å². The van der Waals surface area contributed by atoms with Gasteiger partial charge in [-0.2, -0.15) is 14.0 Å². The SMILES string of the molecule is CC1(C)CC=C(c2nc(C(F)(F)C(=O)OF)ccc2NC(=O)c2cc(C#N)c[nH]2)CC1. The van der Waals surface area contributed by atoms with E-state index in [0.29, 0.717) is 18.4 Å². The average molecular weight is 432 g/mol. The highest BCUT2D eigenvalue weighted by atomic mass is 19.3. The van der Waals surface area contributed by atoms with Gasteiger partial charge in [0.1, 0.15) is 17.5 Å². The first kappa shape index (κ1) is 22.1. The molecule has 10 heteroatoms. The van der Waals surface area contributed by atoms with E-state index in [0.717, 1.165) is 12.5 Å². The maximum atomic E-state index is 14.2. The molecule has 2 N–H and O–H groups in total. The van der Waals surface area contributed by atoms with Gasteiger partial charge in [-0.25, -0.2) is 14.7 Å². The van der Waals surface area contributed by atoms with Crippen LogP contribution in [0.1, 0.15) is 60.5 Å². The summed E-state index contributed by atoms with van der Waals surface area (Å²) in [6, 6.07) is 5.21. The number of nitriles is 1. The second-order valence-electron chi connectivity index (χ2n) is 8.00. The number of alkyl halides is 2. The van der Waals surface area contributed by atoms with Gasteiger partial charge in [0.15, 0.2) is 0 Å². The molecule has 0 unspecified atom stereocenters. The van der Waals surface area contributed by atoms with Gasteiger partial charge in [0.05, 0.1) is 16.9 Å². The van der Waals surface area contributed by atoms with Crippen LogP contribution in [0.5, 0.6) is 0 Å². The first-order chi connectivity index (χ1) is 14.6. The molecule has 2 aromatic rings. The van der Waals surface area contributed by atoms with Crippen LogP contribution in [0.25, 0.3) is 5.57 Å². The number of anilines is 1. The number of H-pyrrole nitrogens is 1. The highest BCUT2D eigenvalue weighted by Crippen LogP contribution is 2.40. The van der Waals surface area contributed by atoms with E-state index < -0.39 is 23.5 Å². The van der Waals surface area contributed by atoms with Gasteiger partial charge in [-0.1, -0.05) is 19.9 Å². The van der Waals surface area contributed by atoms with Gasteiger partial charge in [-0.15, -0.1) is 0 Å². The van der Waals surface area contributed by atoms with Crippen molar-refractivity contribution >= 4 is 23.1 Å². The van der Waals surface area contributed by atoms with Crippen molar-refractivity contribution in [3.8, 4) is 6.07 Å². The summed E-state index contributed by atoms with van der Waals surface area (Å²) < 4.78 is 40.5.